The predicted octanol–water partition coefficient (Wildman–Crippen LogP) is 4.88. The molecule has 5 nitrogen and oxygen atoms in total. The van der Waals surface area contributed by atoms with E-state index in [2.05, 4.69) is 6.92 Å². The van der Waals surface area contributed by atoms with Gasteiger partial charge < -0.3 is 9.64 Å². The Kier molecular flexibility index (Phi) is 7.50. The number of imide groups is 1. The van der Waals surface area contributed by atoms with Crippen LogP contribution < -0.4 is 4.74 Å². The van der Waals surface area contributed by atoms with E-state index in [9.17, 15) is 9.59 Å². The lowest BCUT2D eigenvalue weighted by Gasteiger charge is -2.25. The zero-order chi connectivity index (χ0) is 22.4. The number of unbranched alkanes of at least 4 members (excludes halogenated alkanes) is 1. The highest BCUT2D eigenvalue weighted by Crippen LogP contribution is 2.33. The van der Waals surface area contributed by atoms with Gasteiger partial charge in [0.25, 0.3) is 11.8 Å². The highest BCUT2D eigenvalue weighted by atomic mass is 16.5. The van der Waals surface area contributed by atoms with Crippen LogP contribution in [0.1, 0.15) is 51.7 Å². The van der Waals surface area contributed by atoms with Gasteiger partial charge in [-0.15, -0.1) is 0 Å². The second kappa shape index (κ2) is 10.3. The van der Waals surface area contributed by atoms with Crippen LogP contribution in [0, 0.1) is 0 Å². The molecule has 1 aliphatic rings. The molecule has 0 radical (unpaired) electrons. The highest BCUT2D eigenvalue weighted by molar-refractivity contribution is 6.35. The molecule has 2 aromatic rings. The van der Waals surface area contributed by atoms with Crippen molar-refractivity contribution in [2.75, 3.05) is 13.1 Å². The van der Waals surface area contributed by atoms with Crippen LogP contribution in [0.3, 0.4) is 0 Å². The predicted molar refractivity (Wildman–Crippen MR) is 123 cm³/mol. The van der Waals surface area contributed by atoms with E-state index >= 15 is 0 Å². The summed E-state index contributed by atoms with van der Waals surface area (Å²) in [7, 11) is 0. The maximum Gasteiger partial charge on any atom is 0.277 e. The zero-order valence-electron chi connectivity index (χ0n) is 18.9. The molecule has 1 aliphatic heterocycles. The number of rotatable bonds is 10. The number of ether oxygens (including phenoxy) is 1. The topological polar surface area (TPSA) is 49.9 Å². The summed E-state index contributed by atoms with van der Waals surface area (Å²) < 4.78 is 5.74. The highest BCUT2D eigenvalue weighted by Gasteiger charge is 2.40. The average molecular weight is 421 g/mol. The lowest BCUT2D eigenvalue weighted by atomic mass is 10.0. The Balaban J connectivity index is 2.02. The van der Waals surface area contributed by atoms with Gasteiger partial charge in [0.05, 0.1) is 11.7 Å². The lowest BCUT2D eigenvalue weighted by molar-refractivity contribution is -0.137. The molecule has 2 amide bonds. The van der Waals surface area contributed by atoms with E-state index in [0.29, 0.717) is 30.9 Å². The van der Waals surface area contributed by atoms with E-state index in [1.165, 1.54) is 4.90 Å². The summed E-state index contributed by atoms with van der Waals surface area (Å²) in [4.78, 5) is 30.2. The SMILES string of the molecule is CCCCN1C(=O)C(c2ccc(OC(C)C)cc2)=C(N(CC)Cc2ccccc2)C1=O. The fourth-order valence-electron chi connectivity index (χ4n) is 3.76. The van der Waals surface area contributed by atoms with E-state index in [0.717, 1.165) is 29.7 Å². The lowest BCUT2D eigenvalue weighted by Crippen LogP contribution is -2.35. The first kappa shape index (κ1) is 22.6. The van der Waals surface area contributed by atoms with Crippen LogP contribution in [0.5, 0.6) is 5.75 Å². The summed E-state index contributed by atoms with van der Waals surface area (Å²) in [5, 5.41) is 0. The van der Waals surface area contributed by atoms with Gasteiger partial charge in [-0.05, 0) is 50.5 Å². The van der Waals surface area contributed by atoms with Gasteiger partial charge in [-0.3, -0.25) is 14.5 Å². The minimum Gasteiger partial charge on any atom is -0.491 e. The third-order valence-electron chi connectivity index (χ3n) is 5.31. The van der Waals surface area contributed by atoms with Crippen molar-refractivity contribution in [1.82, 2.24) is 9.80 Å². The smallest absolute Gasteiger partial charge is 0.277 e. The second-order valence-corrected chi connectivity index (χ2v) is 8.03. The monoisotopic (exact) mass is 420 g/mol. The van der Waals surface area contributed by atoms with Gasteiger partial charge in [-0.1, -0.05) is 55.8 Å². The molecule has 2 aromatic carbocycles. The minimum atomic E-state index is -0.211. The summed E-state index contributed by atoms with van der Waals surface area (Å²) in [6, 6.07) is 17.5. The Morgan fingerprint density at radius 3 is 2.19 bits per heavy atom. The molecule has 1 heterocycles. The van der Waals surface area contributed by atoms with Crippen molar-refractivity contribution in [3.8, 4) is 5.75 Å². The average Bonchev–Trinajstić information content (AvgIpc) is 3.01. The van der Waals surface area contributed by atoms with Crippen LogP contribution in [-0.4, -0.2) is 40.8 Å². The summed E-state index contributed by atoms with van der Waals surface area (Å²) in [5.41, 5.74) is 2.82. The standard InChI is InChI=1S/C26H32N2O3/c1-5-7-17-28-25(29)23(21-13-15-22(16-14-21)31-19(3)4)24(26(28)30)27(6-2)18-20-11-9-8-10-12-20/h8-16,19H,5-7,17-18H2,1-4H3. The van der Waals surface area contributed by atoms with E-state index in [-0.39, 0.29) is 17.9 Å². The molecule has 0 unspecified atom stereocenters. The number of hydrogen-bond acceptors (Lipinski definition) is 4. The maximum absolute atomic E-state index is 13.4. The largest absolute Gasteiger partial charge is 0.491 e. The molecule has 0 N–H and O–H groups in total. The number of likely N-dealkylation sites (N-methyl/N-ethyl adjacent to an activating group) is 1. The Morgan fingerprint density at radius 2 is 1.61 bits per heavy atom. The van der Waals surface area contributed by atoms with Gasteiger partial charge in [-0.2, -0.15) is 0 Å². The molecular formula is C26H32N2O3. The molecule has 5 heteroatoms. The van der Waals surface area contributed by atoms with Crippen LogP contribution in [0.25, 0.3) is 5.57 Å². The Bertz CT molecular complexity index is 933. The zero-order valence-corrected chi connectivity index (χ0v) is 18.9. The Morgan fingerprint density at radius 1 is 0.935 bits per heavy atom. The summed E-state index contributed by atoms with van der Waals surface area (Å²) in [6.45, 7) is 9.66. The molecule has 0 spiro atoms. The molecule has 31 heavy (non-hydrogen) atoms. The van der Waals surface area contributed by atoms with Crippen LogP contribution >= 0.6 is 0 Å². The fraction of sp³-hybridized carbons (Fsp3) is 0.385. The third-order valence-corrected chi connectivity index (χ3v) is 5.31. The molecule has 3 rings (SSSR count). The quantitative estimate of drug-likeness (QED) is 0.514. The van der Waals surface area contributed by atoms with Crippen molar-refractivity contribution in [3.63, 3.8) is 0 Å². The van der Waals surface area contributed by atoms with Gasteiger partial charge in [0.15, 0.2) is 0 Å². The van der Waals surface area contributed by atoms with E-state index in [1.54, 1.807) is 0 Å². The van der Waals surface area contributed by atoms with Crippen molar-refractivity contribution >= 4 is 17.4 Å². The Labute approximate surface area is 185 Å². The van der Waals surface area contributed by atoms with Gasteiger partial charge in [-0.25, -0.2) is 0 Å². The molecule has 0 aromatic heterocycles. The normalized spacial score (nSPS) is 14.0. The number of carbonyl (C=O) groups excluding carboxylic acids is 2. The fourth-order valence-corrected chi connectivity index (χ4v) is 3.76. The van der Waals surface area contributed by atoms with E-state index < -0.39 is 0 Å². The molecule has 0 atom stereocenters. The molecular weight excluding hydrogens is 388 g/mol. The van der Waals surface area contributed by atoms with E-state index in [1.807, 2.05) is 80.3 Å². The van der Waals surface area contributed by atoms with Crippen molar-refractivity contribution < 1.29 is 14.3 Å². The first-order chi connectivity index (χ1) is 15.0. The molecule has 0 aliphatic carbocycles. The third kappa shape index (κ3) is 5.16. The Hall–Kier alpha value is -3.08. The van der Waals surface area contributed by atoms with Gasteiger partial charge in [0, 0.05) is 19.6 Å². The number of nitrogens with zero attached hydrogens (tertiary/aromatic N) is 2. The molecule has 0 saturated heterocycles. The molecule has 0 bridgehead atoms. The van der Waals surface area contributed by atoms with Gasteiger partial charge >= 0.3 is 0 Å². The van der Waals surface area contributed by atoms with Crippen LogP contribution in [0.15, 0.2) is 60.3 Å². The molecule has 0 saturated carbocycles. The van der Waals surface area contributed by atoms with Crippen molar-refractivity contribution in [2.24, 2.45) is 0 Å². The molecule has 0 fully saturated rings. The van der Waals surface area contributed by atoms with Gasteiger partial charge in [0.2, 0.25) is 0 Å². The first-order valence-corrected chi connectivity index (χ1v) is 11.1. The van der Waals surface area contributed by atoms with Gasteiger partial charge in [0.1, 0.15) is 11.4 Å². The minimum absolute atomic E-state index is 0.0707. The number of hydrogen-bond donors (Lipinski definition) is 0. The van der Waals surface area contributed by atoms with E-state index in [4.69, 9.17) is 4.74 Å². The number of amides is 2. The van der Waals surface area contributed by atoms with Crippen LogP contribution in [0.4, 0.5) is 0 Å². The second-order valence-electron chi connectivity index (χ2n) is 8.03. The van der Waals surface area contributed by atoms with Crippen molar-refractivity contribution in [3.05, 3.63) is 71.4 Å². The van der Waals surface area contributed by atoms with Crippen LogP contribution in [-0.2, 0) is 16.1 Å². The maximum atomic E-state index is 13.4. The summed E-state index contributed by atoms with van der Waals surface area (Å²) in [6.07, 6.45) is 1.79. The van der Waals surface area contributed by atoms with Crippen molar-refractivity contribution in [2.45, 2.75) is 53.2 Å². The molecule has 164 valence electrons. The number of carbonyl (C=O) groups is 2. The summed E-state index contributed by atoms with van der Waals surface area (Å²) >= 11 is 0. The van der Waals surface area contributed by atoms with Crippen molar-refractivity contribution in [1.29, 1.82) is 0 Å². The summed E-state index contributed by atoms with van der Waals surface area (Å²) in [5.74, 6) is 0.336. The van der Waals surface area contributed by atoms with Crippen LogP contribution in [0.2, 0.25) is 0 Å². The number of benzene rings is 2. The first-order valence-electron chi connectivity index (χ1n) is 11.1.